The van der Waals surface area contributed by atoms with E-state index in [9.17, 15) is 19.5 Å². The van der Waals surface area contributed by atoms with E-state index in [-0.39, 0.29) is 12.3 Å². The molecule has 9 nitrogen and oxygen atoms in total. The van der Waals surface area contributed by atoms with E-state index in [4.69, 9.17) is 0 Å². The molecule has 0 radical (unpaired) electrons. The molecule has 1 aliphatic rings. The molecule has 0 spiro atoms. The van der Waals surface area contributed by atoms with Crippen LogP contribution in [0, 0.1) is 0 Å². The first-order valence-corrected chi connectivity index (χ1v) is 13.2. The van der Waals surface area contributed by atoms with Gasteiger partial charge in [0, 0.05) is 35.8 Å². The van der Waals surface area contributed by atoms with Crippen molar-refractivity contribution in [1.82, 2.24) is 15.3 Å². The molecule has 41 heavy (non-hydrogen) atoms. The summed E-state index contributed by atoms with van der Waals surface area (Å²) in [4.78, 5) is 47.3. The summed E-state index contributed by atoms with van der Waals surface area (Å²) >= 11 is 0. The molecule has 1 unspecified atom stereocenters. The summed E-state index contributed by atoms with van der Waals surface area (Å²) in [5.41, 5.74) is 5.97. The SMILES string of the molecule is O=C(O)CN1C(=O)c2ccccc2C(CC(=O)NCc2ccc(Nc3nc4ccccc4[nH]3)cc2)c2ccccc21. The summed E-state index contributed by atoms with van der Waals surface area (Å²) in [6.07, 6.45) is 0.105. The van der Waals surface area contributed by atoms with E-state index in [0.29, 0.717) is 29.3 Å². The van der Waals surface area contributed by atoms with Crippen molar-refractivity contribution in [2.24, 2.45) is 0 Å². The number of nitrogens with one attached hydrogen (secondary N) is 3. The van der Waals surface area contributed by atoms with E-state index in [2.05, 4.69) is 20.6 Å². The minimum Gasteiger partial charge on any atom is -0.480 e. The van der Waals surface area contributed by atoms with Gasteiger partial charge in [0.25, 0.3) is 5.91 Å². The van der Waals surface area contributed by atoms with Gasteiger partial charge < -0.3 is 20.7 Å². The summed E-state index contributed by atoms with van der Waals surface area (Å²) in [5, 5.41) is 15.8. The van der Waals surface area contributed by atoms with Gasteiger partial charge in [0.05, 0.1) is 11.0 Å². The molecule has 4 N–H and O–H groups in total. The van der Waals surface area contributed by atoms with Gasteiger partial charge in [-0.05, 0) is 53.1 Å². The van der Waals surface area contributed by atoms with Crippen LogP contribution in [-0.2, 0) is 16.1 Å². The first-order chi connectivity index (χ1) is 20.0. The molecule has 9 heteroatoms. The average molecular weight is 546 g/mol. The number of fused-ring (bicyclic) bond motifs is 3. The van der Waals surface area contributed by atoms with E-state index >= 15 is 0 Å². The standard InChI is InChI=1S/C32H27N5O4/c38-29(33-18-20-13-15-21(16-14-20)34-32-35-26-10-4-5-11-27(26)36-32)17-25-22-7-1-2-9-24(22)31(41)37(19-30(39)40)28-12-6-3-8-23(25)28/h1-16,25H,17-19H2,(H,33,38)(H,39,40)(H2,34,35,36). The van der Waals surface area contributed by atoms with Crippen LogP contribution in [0.2, 0.25) is 0 Å². The number of amides is 2. The summed E-state index contributed by atoms with van der Waals surface area (Å²) in [7, 11) is 0. The number of imidazole rings is 1. The van der Waals surface area contributed by atoms with Crippen molar-refractivity contribution in [2.45, 2.75) is 18.9 Å². The maximum atomic E-state index is 13.4. The number of carboxylic acid groups (broad SMARTS) is 1. The third-order valence-electron chi connectivity index (χ3n) is 7.19. The smallest absolute Gasteiger partial charge is 0.323 e. The molecule has 1 aromatic heterocycles. The topological polar surface area (TPSA) is 127 Å². The van der Waals surface area contributed by atoms with Gasteiger partial charge in [-0.3, -0.25) is 19.3 Å². The Balaban J connectivity index is 1.17. The number of carboxylic acids is 1. The fourth-order valence-electron chi connectivity index (χ4n) is 5.27. The highest BCUT2D eigenvalue weighted by Gasteiger charge is 2.34. The molecule has 6 rings (SSSR count). The van der Waals surface area contributed by atoms with Crippen LogP contribution in [0.25, 0.3) is 11.0 Å². The van der Waals surface area contributed by atoms with Gasteiger partial charge in [0.1, 0.15) is 6.54 Å². The summed E-state index contributed by atoms with van der Waals surface area (Å²) < 4.78 is 0. The molecule has 0 fully saturated rings. The third kappa shape index (κ3) is 5.38. The minimum atomic E-state index is -1.11. The molecule has 204 valence electrons. The number of aliphatic carboxylic acids is 1. The van der Waals surface area contributed by atoms with Gasteiger partial charge in [-0.1, -0.05) is 60.7 Å². The Morgan fingerprint density at radius 1 is 0.878 bits per heavy atom. The minimum absolute atomic E-state index is 0.105. The lowest BCUT2D eigenvalue weighted by atomic mass is 9.85. The van der Waals surface area contributed by atoms with Gasteiger partial charge in [-0.15, -0.1) is 0 Å². The van der Waals surface area contributed by atoms with E-state index in [1.807, 2.05) is 72.8 Å². The second-order valence-electron chi connectivity index (χ2n) is 9.89. The molecule has 0 aliphatic carbocycles. The second kappa shape index (κ2) is 11.0. The molecular formula is C32H27N5O4. The number of carbonyl (C=O) groups is 3. The second-order valence-corrected chi connectivity index (χ2v) is 9.89. The summed E-state index contributed by atoms with van der Waals surface area (Å²) in [6, 6.07) is 29.8. The van der Waals surface area contributed by atoms with Crippen LogP contribution in [0.15, 0.2) is 97.1 Å². The summed E-state index contributed by atoms with van der Waals surface area (Å²) in [6.45, 7) is -0.131. The predicted octanol–water partition coefficient (Wildman–Crippen LogP) is 5.19. The van der Waals surface area contributed by atoms with E-state index in [0.717, 1.165) is 27.8 Å². The van der Waals surface area contributed by atoms with Crippen molar-refractivity contribution in [2.75, 3.05) is 16.8 Å². The van der Waals surface area contributed by atoms with Crippen molar-refractivity contribution in [1.29, 1.82) is 0 Å². The number of hydrogen-bond acceptors (Lipinski definition) is 5. The first-order valence-electron chi connectivity index (χ1n) is 13.2. The van der Waals surface area contributed by atoms with E-state index in [1.165, 1.54) is 4.90 Å². The molecule has 1 atom stereocenters. The van der Waals surface area contributed by atoms with Crippen LogP contribution in [0.4, 0.5) is 17.3 Å². The Bertz CT molecular complexity index is 1730. The summed E-state index contributed by atoms with van der Waals surface area (Å²) in [5.74, 6) is -1.45. The zero-order valence-electron chi connectivity index (χ0n) is 22.0. The zero-order chi connectivity index (χ0) is 28.3. The Hall–Kier alpha value is -5.44. The quantitative estimate of drug-likeness (QED) is 0.213. The number of para-hydroxylation sites is 3. The fraction of sp³-hybridized carbons (Fsp3) is 0.125. The highest BCUT2D eigenvalue weighted by molar-refractivity contribution is 6.11. The van der Waals surface area contributed by atoms with Crippen molar-refractivity contribution >= 4 is 46.1 Å². The molecule has 0 saturated heterocycles. The van der Waals surface area contributed by atoms with E-state index < -0.39 is 24.3 Å². The van der Waals surface area contributed by atoms with Crippen LogP contribution in [0.5, 0.6) is 0 Å². The third-order valence-corrected chi connectivity index (χ3v) is 7.19. The van der Waals surface area contributed by atoms with Gasteiger partial charge >= 0.3 is 5.97 Å². The zero-order valence-corrected chi connectivity index (χ0v) is 22.0. The lowest BCUT2D eigenvalue weighted by Gasteiger charge is -2.22. The Morgan fingerprint density at radius 3 is 2.37 bits per heavy atom. The lowest BCUT2D eigenvalue weighted by molar-refractivity contribution is -0.135. The monoisotopic (exact) mass is 545 g/mol. The largest absolute Gasteiger partial charge is 0.480 e. The Kier molecular flexibility index (Phi) is 6.91. The van der Waals surface area contributed by atoms with Gasteiger partial charge in [0.2, 0.25) is 11.9 Å². The number of rotatable bonds is 8. The van der Waals surface area contributed by atoms with Crippen LogP contribution in [0.1, 0.15) is 39.4 Å². The molecule has 2 amide bonds. The normalized spacial score (nSPS) is 14.2. The highest BCUT2D eigenvalue weighted by atomic mass is 16.4. The maximum absolute atomic E-state index is 13.4. The van der Waals surface area contributed by atoms with Crippen molar-refractivity contribution in [3.8, 4) is 0 Å². The molecule has 5 aromatic rings. The van der Waals surface area contributed by atoms with Gasteiger partial charge in [0.15, 0.2) is 0 Å². The lowest BCUT2D eigenvalue weighted by Crippen LogP contribution is -2.35. The van der Waals surface area contributed by atoms with Crippen molar-refractivity contribution < 1.29 is 19.5 Å². The molecule has 2 heterocycles. The first kappa shape index (κ1) is 25.8. The van der Waals surface area contributed by atoms with Crippen LogP contribution >= 0.6 is 0 Å². The predicted molar refractivity (Wildman–Crippen MR) is 156 cm³/mol. The molecule has 0 saturated carbocycles. The molecule has 0 bridgehead atoms. The number of H-pyrrole nitrogens is 1. The van der Waals surface area contributed by atoms with Crippen LogP contribution in [-0.4, -0.2) is 39.4 Å². The maximum Gasteiger partial charge on any atom is 0.323 e. The van der Waals surface area contributed by atoms with Crippen LogP contribution in [0.3, 0.4) is 0 Å². The number of hydrogen-bond donors (Lipinski definition) is 4. The van der Waals surface area contributed by atoms with Crippen LogP contribution < -0.4 is 15.5 Å². The molecule has 1 aliphatic heterocycles. The van der Waals surface area contributed by atoms with Gasteiger partial charge in [-0.2, -0.15) is 0 Å². The Labute approximate surface area is 235 Å². The molecular weight excluding hydrogens is 518 g/mol. The number of benzene rings is 4. The average Bonchev–Trinajstić information content (AvgIpc) is 3.37. The number of carbonyl (C=O) groups excluding carboxylic acids is 2. The Morgan fingerprint density at radius 2 is 1.59 bits per heavy atom. The molecule has 4 aromatic carbocycles. The van der Waals surface area contributed by atoms with E-state index in [1.54, 1.807) is 24.3 Å². The highest BCUT2D eigenvalue weighted by Crippen LogP contribution is 2.40. The fourth-order valence-corrected chi connectivity index (χ4v) is 5.27. The van der Waals surface area contributed by atoms with Crippen molar-refractivity contribution in [3.63, 3.8) is 0 Å². The number of nitrogens with zero attached hydrogens (tertiary/aromatic N) is 2. The number of aromatic amines is 1. The number of anilines is 3. The van der Waals surface area contributed by atoms with Gasteiger partial charge in [-0.25, -0.2) is 4.98 Å². The number of aromatic nitrogens is 2. The van der Waals surface area contributed by atoms with Crippen molar-refractivity contribution in [3.05, 3.63) is 119 Å².